The van der Waals surface area contributed by atoms with Gasteiger partial charge in [-0.05, 0) is 50.1 Å². The van der Waals surface area contributed by atoms with Crippen molar-refractivity contribution in [2.75, 3.05) is 32.8 Å². The lowest BCUT2D eigenvalue weighted by Crippen LogP contribution is -2.43. The summed E-state index contributed by atoms with van der Waals surface area (Å²) in [5.74, 6) is 1.34. The summed E-state index contributed by atoms with van der Waals surface area (Å²) < 4.78 is 28.7. The van der Waals surface area contributed by atoms with Gasteiger partial charge in [0.2, 0.25) is 0 Å². The molecule has 3 aromatic heterocycles. The van der Waals surface area contributed by atoms with Gasteiger partial charge in [0.25, 0.3) is 5.56 Å². The van der Waals surface area contributed by atoms with Crippen LogP contribution in [0.25, 0.3) is 33.1 Å². The molecule has 0 unspecified atom stereocenters. The molecular formula is C30H28ClFN6O3. The molecule has 2 saturated heterocycles. The van der Waals surface area contributed by atoms with E-state index in [4.69, 9.17) is 21.1 Å². The molecule has 11 heteroatoms. The van der Waals surface area contributed by atoms with E-state index in [0.717, 1.165) is 62.4 Å². The number of hydrogen-bond donors (Lipinski definition) is 1. The Bertz CT molecular complexity index is 1810. The molecule has 2 aliphatic heterocycles. The van der Waals surface area contributed by atoms with Gasteiger partial charge in [-0.2, -0.15) is 0 Å². The SMILES string of the molecule is Cc1nc2c(=O)[nH]c3cc(F)c(-c4ccc(Oc5ncccn5)cc4Cl)cc3c2n1C1CCN(CC2COC2)CC1. The third-order valence-electron chi connectivity index (χ3n) is 8.04. The van der Waals surface area contributed by atoms with Crippen molar-refractivity contribution >= 4 is 33.5 Å². The zero-order valence-electron chi connectivity index (χ0n) is 22.4. The van der Waals surface area contributed by atoms with Crippen molar-refractivity contribution in [1.29, 1.82) is 0 Å². The van der Waals surface area contributed by atoms with E-state index in [1.54, 1.807) is 42.7 Å². The number of hydrogen-bond acceptors (Lipinski definition) is 7. The summed E-state index contributed by atoms with van der Waals surface area (Å²) in [4.78, 5) is 31.1. The van der Waals surface area contributed by atoms with Crippen LogP contribution in [0.15, 0.2) is 53.6 Å². The highest BCUT2D eigenvalue weighted by Crippen LogP contribution is 2.38. The molecule has 0 bridgehead atoms. The molecule has 210 valence electrons. The van der Waals surface area contributed by atoms with E-state index in [-0.39, 0.29) is 17.6 Å². The molecule has 9 nitrogen and oxygen atoms in total. The molecule has 2 fully saturated rings. The number of aromatic nitrogens is 5. The van der Waals surface area contributed by atoms with Crippen molar-refractivity contribution in [1.82, 2.24) is 29.4 Å². The number of aromatic amines is 1. The predicted octanol–water partition coefficient (Wildman–Crippen LogP) is 5.51. The Labute approximate surface area is 239 Å². The van der Waals surface area contributed by atoms with Crippen LogP contribution in [0.5, 0.6) is 11.8 Å². The molecule has 0 atom stereocenters. The van der Waals surface area contributed by atoms with Gasteiger partial charge in [-0.3, -0.25) is 4.79 Å². The minimum Gasteiger partial charge on any atom is -0.424 e. The molecule has 0 radical (unpaired) electrons. The first kappa shape index (κ1) is 26.1. The number of aryl methyl sites for hydroxylation is 1. The Morgan fingerprint density at radius 3 is 2.61 bits per heavy atom. The van der Waals surface area contributed by atoms with Gasteiger partial charge in [0.1, 0.15) is 17.4 Å². The van der Waals surface area contributed by atoms with Gasteiger partial charge >= 0.3 is 6.01 Å². The Morgan fingerprint density at radius 2 is 1.90 bits per heavy atom. The smallest absolute Gasteiger partial charge is 0.321 e. The predicted molar refractivity (Wildman–Crippen MR) is 154 cm³/mol. The molecule has 2 aromatic carbocycles. The standard InChI is InChI=1S/C30H28ClFN6O3/c1-17-35-27-28(38(17)19-5-9-37(10-6-19)14-18-15-40-16-18)23-12-22(25(32)13-26(23)36-29(27)39)21-4-3-20(11-24(21)31)41-30-33-7-2-8-34-30/h2-4,7-8,11-13,18-19H,5-6,9-10,14-16H2,1H3,(H,36,39). The van der Waals surface area contributed by atoms with Crippen molar-refractivity contribution in [3.05, 3.63) is 75.8 Å². The van der Waals surface area contributed by atoms with Crippen LogP contribution in [-0.4, -0.2) is 62.3 Å². The number of pyridine rings is 1. The fraction of sp³-hybridized carbons (Fsp3) is 0.333. The highest BCUT2D eigenvalue weighted by molar-refractivity contribution is 6.33. The Hall–Kier alpha value is -3.86. The number of nitrogens with one attached hydrogen (secondary N) is 1. The van der Waals surface area contributed by atoms with Crippen LogP contribution in [0.2, 0.25) is 5.02 Å². The molecule has 0 spiro atoms. The molecule has 0 saturated carbocycles. The summed E-state index contributed by atoms with van der Waals surface area (Å²) in [5, 5.41) is 1.03. The van der Waals surface area contributed by atoms with Gasteiger partial charge in [0.05, 0.1) is 29.3 Å². The highest BCUT2D eigenvalue weighted by atomic mass is 35.5. The first-order valence-electron chi connectivity index (χ1n) is 13.7. The van der Waals surface area contributed by atoms with Crippen molar-refractivity contribution in [2.24, 2.45) is 5.92 Å². The topological polar surface area (TPSA) is 98.2 Å². The highest BCUT2D eigenvalue weighted by Gasteiger charge is 2.28. The van der Waals surface area contributed by atoms with Gasteiger partial charge in [-0.15, -0.1) is 0 Å². The lowest BCUT2D eigenvalue weighted by Gasteiger charge is -2.37. The number of nitrogens with zero attached hydrogens (tertiary/aromatic N) is 5. The van der Waals surface area contributed by atoms with E-state index in [9.17, 15) is 4.79 Å². The Morgan fingerprint density at radius 1 is 1.12 bits per heavy atom. The zero-order chi connectivity index (χ0) is 28.1. The second-order valence-corrected chi connectivity index (χ2v) is 11.2. The zero-order valence-corrected chi connectivity index (χ0v) is 23.2. The fourth-order valence-electron chi connectivity index (χ4n) is 6.00. The van der Waals surface area contributed by atoms with Gasteiger partial charge in [0, 0.05) is 66.6 Å². The quantitative estimate of drug-likeness (QED) is 0.285. The maximum Gasteiger partial charge on any atom is 0.321 e. The van der Waals surface area contributed by atoms with E-state index < -0.39 is 5.82 Å². The normalized spacial score (nSPS) is 16.9. The Balaban J connectivity index is 1.27. The molecule has 5 heterocycles. The van der Waals surface area contributed by atoms with Gasteiger partial charge in [-0.25, -0.2) is 19.3 Å². The maximum absolute atomic E-state index is 15.5. The lowest BCUT2D eigenvalue weighted by atomic mass is 10.00. The largest absolute Gasteiger partial charge is 0.424 e. The lowest BCUT2D eigenvalue weighted by molar-refractivity contribution is -0.0494. The van der Waals surface area contributed by atoms with Gasteiger partial charge in [0.15, 0.2) is 5.52 Å². The molecule has 0 amide bonds. The van der Waals surface area contributed by atoms with E-state index in [2.05, 4.69) is 29.4 Å². The molecule has 1 N–H and O–H groups in total. The molecular weight excluding hydrogens is 547 g/mol. The summed E-state index contributed by atoms with van der Waals surface area (Å²) in [7, 11) is 0. The summed E-state index contributed by atoms with van der Waals surface area (Å²) in [6.07, 6.45) is 5.05. The summed E-state index contributed by atoms with van der Waals surface area (Å²) in [6, 6.07) is 10.2. The van der Waals surface area contributed by atoms with Gasteiger partial charge < -0.3 is 23.9 Å². The maximum atomic E-state index is 15.5. The van der Waals surface area contributed by atoms with Crippen molar-refractivity contribution in [2.45, 2.75) is 25.8 Å². The third kappa shape index (κ3) is 4.86. The number of rotatable bonds is 6. The number of imidazole rings is 1. The number of piperidine rings is 1. The van der Waals surface area contributed by atoms with Crippen LogP contribution in [0.4, 0.5) is 4.39 Å². The third-order valence-corrected chi connectivity index (χ3v) is 8.35. The van der Waals surface area contributed by atoms with Crippen molar-refractivity contribution < 1.29 is 13.9 Å². The van der Waals surface area contributed by atoms with E-state index in [1.807, 2.05) is 6.92 Å². The molecule has 41 heavy (non-hydrogen) atoms. The van der Waals surface area contributed by atoms with Crippen molar-refractivity contribution in [3.63, 3.8) is 0 Å². The molecule has 2 aliphatic rings. The number of halogens is 2. The summed E-state index contributed by atoms with van der Waals surface area (Å²) in [6.45, 7) is 6.63. The first-order valence-corrected chi connectivity index (χ1v) is 14.1. The number of H-pyrrole nitrogens is 1. The minimum absolute atomic E-state index is 0.186. The van der Waals surface area contributed by atoms with Crippen LogP contribution >= 0.6 is 11.6 Å². The van der Waals surface area contributed by atoms with Crippen LogP contribution in [0.3, 0.4) is 0 Å². The van der Waals surface area contributed by atoms with Crippen LogP contribution < -0.4 is 10.3 Å². The number of ether oxygens (including phenoxy) is 2. The molecule has 7 rings (SSSR count). The van der Waals surface area contributed by atoms with Crippen LogP contribution in [0.1, 0.15) is 24.7 Å². The van der Waals surface area contributed by atoms with Crippen LogP contribution in [0, 0.1) is 18.7 Å². The Kier molecular flexibility index (Phi) is 6.69. The van der Waals surface area contributed by atoms with Crippen LogP contribution in [-0.2, 0) is 4.74 Å². The average molecular weight is 575 g/mol. The first-order chi connectivity index (χ1) is 19.9. The second-order valence-electron chi connectivity index (χ2n) is 10.8. The minimum atomic E-state index is -0.495. The second kappa shape index (κ2) is 10.5. The number of benzene rings is 2. The molecule has 0 aliphatic carbocycles. The average Bonchev–Trinajstić information content (AvgIpc) is 3.29. The molecule has 5 aromatic rings. The number of likely N-dealkylation sites (tertiary alicyclic amines) is 1. The van der Waals surface area contributed by atoms with Gasteiger partial charge in [-0.1, -0.05) is 11.6 Å². The van der Waals surface area contributed by atoms with E-state index in [0.29, 0.717) is 38.9 Å². The summed E-state index contributed by atoms with van der Waals surface area (Å²) in [5.41, 5.74) is 2.00. The van der Waals surface area contributed by atoms with E-state index >= 15 is 4.39 Å². The number of fused-ring (bicyclic) bond motifs is 3. The van der Waals surface area contributed by atoms with E-state index in [1.165, 1.54) is 6.07 Å². The summed E-state index contributed by atoms with van der Waals surface area (Å²) >= 11 is 6.64. The monoisotopic (exact) mass is 574 g/mol. The van der Waals surface area contributed by atoms with Crippen molar-refractivity contribution in [3.8, 4) is 22.9 Å². The fourth-order valence-corrected chi connectivity index (χ4v) is 6.28.